The molecule has 16 heavy (non-hydrogen) atoms. The zero-order chi connectivity index (χ0) is 12.3. The van der Waals surface area contributed by atoms with Crippen molar-refractivity contribution in [2.75, 3.05) is 7.11 Å². The van der Waals surface area contributed by atoms with Crippen LogP contribution in [-0.2, 0) is 10.2 Å². The number of hydrogen-bond donors (Lipinski definition) is 1. The van der Waals surface area contributed by atoms with E-state index in [9.17, 15) is 5.11 Å². The molecular formula is C13H20O3. The second kappa shape index (κ2) is 4.74. The summed E-state index contributed by atoms with van der Waals surface area (Å²) in [5.41, 5.74) is 1.09. The minimum Gasteiger partial charge on any atom is -0.504 e. The number of rotatable bonds is 3. The molecule has 0 spiro atoms. The van der Waals surface area contributed by atoms with Crippen molar-refractivity contribution in [3.63, 3.8) is 0 Å². The molecule has 1 atom stereocenters. The van der Waals surface area contributed by atoms with Crippen molar-refractivity contribution in [2.45, 2.75) is 39.4 Å². The maximum absolute atomic E-state index is 9.82. The van der Waals surface area contributed by atoms with Gasteiger partial charge >= 0.3 is 0 Å². The second-order valence-electron chi connectivity index (χ2n) is 4.85. The molecule has 0 aromatic heterocycles. The number of phenols is 1. The molecule has 1 aromatic carbocycles. The van der Waals surface area contributed by atoms with Gasteiger partial charge in [0, 0.05) is 7.11 Å². The molecular weight excluding hydrogens is 204 g/mol. The quantitative estimate of drug-likeness (QED) is 0.802. The third-order valence-corrected chi connectivity index (χ3v) is 2.45. The van der Waals surface area contributed by atoms with Gasteiger partial charge in [0.05, 0.1) is 0 Å². The second-order valence-corrected chi connectivity index (χ2v) is 4.85. The number of hydrogen-bond acceptors (Lipinski definition) is 3. The van der Waals surface area contributed by atoms with Crippen LogP contribution in [-0.4, -0.2) is 18.5 Å². The Kier molecular flexibility index (Phi) is 3.81. The first-order chi connectivity index (χ1) is 7.34. The molecule has 1 aromatic rings. The Morgan fingerprint density at radius 2 is 1.88 bits per heavy atom. The molecule has 0 aliphatic rings. The molecule has 0 heterocycles. The Bertz CT molecular complexity index is 353. The minimum absolute atomic E-state index is 0.0167. The van der Waals surface area contributed by atoms with Crippen molar-refractivity contribution in [1.29, 1.82) is 0 Å². The highest BCUT2D eigenvalue weighted by Gasteiger charge is 2.16. The minimum atomic E-state index is -0.369. The van der Waals surface area contributed by atoms with E-state index < -0.39 is 0 Å². The predicted octanol–water partition coefficient (Wildman–Crippen LogP) is 3.06. The molecule has 0 aliphatic carbocycles. The molecule has 90 valence electrons. The van der Waals surface area contributed by atoms with E-state index in [0.29, 0.717) is 5.75 Å². The van der Waals surface area contributed by atoms with Crippen molar-refractivity contribution in [3.05, 3.63) is 23.8 Å². The largest absolute Gasteiger partial charge is 0.504 e. The molecule has 0 aliphatic heterocycles. The first kappa shape index (κ1) is 12.8. The summed E-state index contributed by atoms with van der Waals surface area (Å²) >= 11 is 0. The lowest BCUT2D eigenvalue weighted by molar-refractivity contribution is -0.0395. The van der Waals surface area contributed by atoms with Gasteiger partial charge in [-0.15, -0.1) is 0 Å². The highest BCUT2D eigenvalue weighted by atomic mass is 16.7. The average Bonchev–Trinajstić information content (AvgIpc) is 2.19. The van der Waals surface area contributed by atoms with E-state index in [2.05, 4.69) is 20.8 Å². The van der Waals surface area contributed by atoms with Crippen LogP contribution in [0.25, 0.3) is 0 Å². The molecule has 3 heteroatoms. The highest BCUT2D eigenvalue weighted by molar-refractivity contribution is 5.43. The summed E-state index contributed by atoms with van der Waals surface area (Å²) in [6, 6.07) is 5.46. The fourth-order valence-electron chi connectivity index (χ4n) is 1.31. The van der Waals surface area contributed by atoms with Gasteiger partial charge in [-0.3, -0.25) is 0 Å². The Labute approximate surface area is 97.0 Å². The maximum atomic E-state index is 9.82. The lowest BCUT2D eigenvalue weighted by atomic mass is 9.87. The van der Waals surface area contributed by atoms with E-state index in [4.69, 9.17) is 9.47 Å². The Hall–Kier alpha value is -1.22. The summed E-state index contributed by atoms with van der Waals surface area (Å²) in [7, 11) is 1.56. The van der Waals surface area contributed by atoms with Crippen molar-refractivity contribution in [3.8, 4) is 11.5 Å². The van der Waals surface area contributed by atoms with Gasteiger partial charge in [-0.25, -0.2) is 0 Å². The van der Waals surface area contributed by atoms with Crippen LogP contribution in [0, 0.1) is 0 Å². The van der Waals surface area contributed by atoms with Gasteiger partial charge < -0.3 is 14.6 Å². The van der Waals surface area contributed by atoms with E-state index in [1.54, 1.807) is 26.2 Å². The van der Waals surface area contributed by atoms with Crippen molar-refractivity contribution in [2.24, 2.45) is 0 Å². The fraction of sp³-hybridized carbons (Fsp3) is 0.538. The number of ether oxygens (including phenoxy) is 2. The van der Waals surface area contributed by atoms with Crippen LogP contribution < -0.4 is 4.74 Å². The van der Waals surface area contributed by atoms with Gasteiger partial charge in [-0.1, -0.05) is 26.8 Å². The molecule has 0 bridgehead atoms. The van der Waals surface area contributed by atoms with Gasteiger partial charge in [0.2, 0.25) is 0 Å². The van der Waals surface area contributed by atoms with Crippen LogP contribution in [0.4, 0.5) is 0 Å². The summed E-state index contributed by atoms with van der Waals surface area (Å²) in [6.07, 6.45) is -0.369. The van der Waals surface area contributed by atoms with Crippen LogP contribution in [0.5, 0.6) is 11.5 Å². The number of phenolic OH excluding ortho intramolecular Hbond substituents is 1. The SMILES string of the molecule is COC(C)Oc1ccc(C(C)(C)C)cc1O. The van der Waals surface area contributed by atoms with Crippen LogP contribution in [0.15, 0.2) is 18.2 Å². The summed E-state index contributed by atoms with van der Waals surface area (Å²) in [5.74, 6) is 0.596. The summed E-state index contributed by atoms with van der Waals surface area (Å²) < 4.78 is 10.4. The molecule has 1 unspecified atom stereocenters. The third-order valence-electron chi connectivity index (χ3n) is 2.45. The van der Waals surface area contributed by atoms with E-state index in [0.717, 1.165) is 5.56 Å². The predicted molar refractivity (Wildman–Crippen MR) is 63.9 cm³/mol. The monoisotopic (exact) mass is 224 g/mol. The van der Waals surface area contributed by atoms with Gasteiger partial charge in [-0.2, -0.15) is 0 Å². The summed E-state index contributed by atoms with van der Waals surface area (Å²) in [5, 5.41) is 9.82. The summed E-state index contributed by atoms with van der Waals surface area (Å²) in [4.78, 5) is 0. The normalized spacial score (nSPS) is 13.6. The van der Waals surface area contributed by atoms with Crippen LogP contribution in [0.2, 0.25) is 0 Å². The van der Waals surface area contributed by atoms with E-state index in [1.807, 2.05) is 6.07 Å². The molecule has 0 saturated heterocycles. The highest BCUT2D eigenvalue weighted by Crippen LogP contribution is 2.32. The zero-order valence-corrected chi connectivity index (χ0v) is 10.6. The molecule has 0 amide bonds. The third kappa shape index (κ3) is 3.14. The number of aromatic hydroxyl groups is 1. The maximum Gasteiger partial charge on any atom is 0.196 e. The molecule has 1 N–H and O–H groups in total. The van der Waals surface area contributed by atoms with Crippen molar-refractivity contribution in [1.82, 2.24) is 0 Å². The zero-order valence-electron chi connectivity index (χ0n) is 10.6. The Morgan fingerprint density at radius 1 is 1.25 bits per heavy atom. The van der Waals surface area contributed by atoms with Crippen LogP contribution in [0.3, 0.4) is 0 Å². The van der Waals surface area contributed by atoms with Crippen molar-refractivity contribution < 1.29 is 14.6 Å². The van der Waals surface area contributed by atoms with Crippen molar-refractivity contribution >= 4 is 0 Å². The topological polar surface area (TPSA) is 38.7 Å². The first-order valence-electron chi connectivity index (χ1n) is 5.37. The molecule has 3 nitrogen and oxygen atoms in total. The Balaban J connectivity index is 2.92. The molecule has 0 radical (unpaired) electrons. The smallest absolute Gasteiger partial charge is 0.196 e. The summed E-state index contributed by atoms with van der Waals surface area (Å²) in [6.45, 7) is 8.07. The molecule has 0 saturated carbocycles. The van der Waals surface area contributed by atoms with E-state index in [1.165, 1.54) is 0 Å². The van der Waals surface area contributed by atoms with Gasteiger partial charge in [0.25, 0.3) is 0 Å². The van der Waals surface area contributed by atoms with E-state index >= 15 is 0 Å². The van der Waals surface area contributed by atoms with Gasteiger partial charge in [-0.05, 0) is 30.0 Å². The average molecular weight is 224 g/mol. The molecule has 1 rings (SSSR count). The first-order valence-corrected chi connectivity index (χ1v) is 5.37. The van der Waals surface area contributed by atoms with Gasteiger partial charge in [0.15, 0.2) is 17.8 Å². The van der Waals surface area contributed by atoms with Gasteiger partial charge in [0.1, 0.15) is 0 Å². The van der Waals surface area contributed by atoms with E-state index in [-0.39, 0.29) is 17.5 Å². The lowest BCUT2D eigenvalue weighted by Crippen LogP contribution is -2.14. The lowest BCUT2D eigenvalue weighted by Gasteiger charge is -2.20. The number of benzene rings is 1. The van der Waals surface area contributed by atoms with Crippen LogP contribution in [0.1, 0.15) is 33.3 Å². The fourth-order valence-corrected chi connectivity index (χ4v) is 1.31. The standard InChI is InChI=1S/C13H20O3/c1-9(15-5)16-12-7-6-10(8-11(12)14)13(2,3)4/h6-9,14H,1-5H3. The molecule has 0 fully saturated rings. The number of methoxy groups -OCH3 is 1. The Morgan fingerprint density at radius 3 is 2.31 bits per heavy atom. The van der Waals surface area contributed by atoms with Crippen LogP contribution >= 0.6 is 0 Å².